The molecule has 1 aromatic rings. The Morgan fingerprint density at radius 3 is 2.78 bits per heavy atom. The van der Waals surface area contributed by atoms with Crippen molar-refractivity contribution in [2.75, 3.05) is 5.73 Å². The first-order valence-corrected chi connectivity index (χ1v) is 3.28. The number of thiazole rings is 1. The van der Waals surface area contributed by atoms with Gasteiger partial charge in [-0.1, -0.05) is 0 Å². The summed E-state index contributed by atoms with van der Waals surface area (Å²) >= 11 is 1.24. The SMILES string of the molecule is C[C](F)c1csc(N)n1. The van der Waals surface area contributed by atoms with Crippen LogP contribution in [0.15, 0.2) is 5.38 Å². The molecule has 2 N–H and O–H groups in total. The molecule has 4 heteroatoms. The number of nitrogens with two attached hydrogens (primary N) is 1. The molecule has 0 aliphatic carbocycles. The maximum absolute atomic E-state index is 12.3. The summed E-state index contributed by atoms with van der Waals surface area (Å²) in [5, 5.41) is 1.99. The highest BCUT2D eigenvalue weighted by Gasteiger charge is 2.06. The molecule has 0 amide bonds. The Bertz CT molecular complexity index is 197. The van der Waals surface area contributed by atoms with E-state index in [0.717, 1.165) is 0 Å². The van der Waals surface area contributed by atoms with E-state index in [-0.39, 0.29) is 6.17 Å². The molecule has 2 nitrogen and oxygen atoms in total. The maximum Gasteiger partial charge on any atom is 0.189 e. The molecule has 9 heavy (non-hydrogen) atoms. The minimum atomic E-state index is -0.289. The third-order valence-corrected chi connectivity index (χ3v) is 1.55. The smallest absolute Gasteiger partial charge is 0.189 e. The number of halogens is 1. The molecule has 0 aromatic carbocycles. The second-order valence-electron chi connectivity index (χ2n) is 1.60. The fourth-order valence-corrected chi connectivity index (χ4v) is 1.04. The number of hydrogen-bond donors (Lipinski definition) is 1. The summed E-state index contributed by atoms with van der Waals surface area (Å²) in [6.07, 6.45) is -0.289. The molecule has 0 saturated carbocycles. The number of nitrogen functional groups attached to an aromatic ring is 1. The van der Waals surface area contributed by atoms with E-state index in [1.165, 1.54) is 18.3 Å². The van der Waals surface area contributed by atoms with Crippen LogP contribution in [0.4, 0.5) is 9.52 Å². The molecule has 1 radical (unpaired) electrons. The normalized spacial score (nSPS) is 10.6. The highest BCUT2D eigenvalue weighted by Crippen LogP contribution is 2.18. The van der Waals surface area contributed by atoms with Crippen LogP contribution < -0.4 is 5.73 Å². The van der Waals surface area contributed by atoms with Crippen LogP contribution in [0.2, 0.25) is 0 Å². The van der Waals surface area contributed by atoms with Gasteiger partial charge in [-0.15, -0.1) is 11.3 Å². The number of rotatable bonds is 1. The third-order valence-electron chi connectivity index (χ3n) is 0.875. The van der Waals surface area contributed by atoms with Gasteiger partial charge in [0.1, 0.15) is 0 Å². The zero-order valence-corrected chi connectivity index (χ0v) is 5.70. The van der Waals surface area contributed by atoms with E-state index in [1.54, 1.807) is 5.38 Å². The topological polar surface area (TPSA) is 38.9 Å². The van der Waals surface area contributed by atoms with Crippen LogP contribution in [0.3, 0.4) is 0 Å². The van der Waals surface area contributed by atoms with Crippen LogP contribution in [-0.2, 0) is 0 Å². The highest BCUT2D eigenvalue weighted by molar-refractivity contribution is 7.13. The molecular formula is C5H6FN2S. The van der Waals surface area contributed by atoms with Crippen LogP contribution in [-0.4, -0.2) is 4.98 Å². The Morgan fingerprint density at radius 1 is 1.89 bits per heavy atom. The van der Waals surface area contributed by atoms with E-state index in [0.29, 0.717) is 10.8 Å². The van der Waals surface area contributed by atoms with Crippen LogP contribution in [0.1, 0.15) is 12.6 Å². The van der Waals surface area contributed by atoms with Crippen LogP contribution in [0, 0.1) is 6.17 Å². The summed E-state index contributed by atoms with van der Waals surface area (Å²) in [6.45, 7) is 1.36. The predicted octanol–water partition coefficient (Wildman–Crippen LogP) is 1.59. The lowest BCUT2D eigenvalue weighted by Crippen LogP contribution is -1.87. The van der Waals surface area contributed by atoms with Gasteiger partial charge in [0.05, 0.1) is 5.69 Å². The average molecular weight is 145 g/mol. The largest absolute Gasteiger partial charge is 0.375 e. The first-order valence-electron chi connectivity index (χ1n) is 2.40. The summed E-state index contributed by atoms with van der Waals surface area (Å²) in [4.78, 5) is 3.69. The Morgan fingerprint density at radius 2 is 2.56 bits per heavy atom. The van der Waals surface area contributed by atoms with Gasteiger partial charge in [0, 0.05) is 5.38 Å². The molecule has 0 fully saturated rings. The van der Waals surface area contributed by atoms with Crippen LogP contribution in [0.25, 0.3) is 0 Å². The minimum absolute atomic E-state index is 0.289. The standard InChI is InChI=1S/C5H6FN2S/c1-3(6)4-2-9-5(7)8-4/h2H,1H3,(H2,7,8). The van der Waals surface area contributed by atoms with Gasteiger partial charge in [-0.05, 0) is 6.92 Å². The van der Waals surface area contributed by atoms with Gasteiger partial charge < -0.3 is 5.73 Å². The molecular weight excluding hydrogens is 139 g/mol. The minimum Gasteiger partial charge on any atom is -0.375 e. The Balaban J connectivity index is 2.85. The summed E-state index contributed by atoms with van der Waals surface area (Å²) < 4.78 is 12.3. The van der Waals surface area contributed by atoms with Crippen molar-refractivity contribution in [2.24, 2.45) is 0 Å². The molecule has 0 atom stereocenters. The Hall–Kier alpha value is -0.640. The zero-order valence-electron chi connectivity index (χ0n) is 4.89. The summed E-state index contributed by atoms with van der Waals surface area (Å²) in [7, 11) is 0. The first kappa shape index (κ1) is 6.48. The first-order chi connectivity index (χ1) is 4.20. The van der Waals surface area contributed by atoms with Crippen molar-refractivity contribution in [2.45, 2.75) is 6.92 Å². The van der Waals surface area contributed by atoms with Crippen molar-refractivity contribution in [1.82, 2.24) is 4.98 Å². The van der Waals surface area contributed by atoms with Gasteiger partial charge >= 0.3 is 0 Å². The lowest BCUT2D eigenvalue weighted by Gasteiger charge is -1.89. The van der Waals surface area contributed by atoms with E-state index < -0.39 is 0 Å². The Kier molecular flexibility index (Phi) is 1.66. The number of anilines is 1. The van der Waals surface area contributed by atoms with E-state index in [4.69, 9.17) is 5.73 Å². The van der Waals surface area contributed by atoms with E-state index in [2.05, 4.69) is 4.98 Å². The predicted molar refractivity (Wildman–Crippen MR) is 35.7 cm³/mol. The Labute approximate surface area is 56.5 Å². The summed E-state index contributed by atoms with van der Waals surface area (Å²) in [5.74, 6) is 0. The summed E-state index contributed by atoms with van der Waals surface area (Å²) in [5.41, 5.74) is 5.59. The van der Waals surface area contributed by atoms with Gasteiger partial charge in [-0.3, -0.25) is 0 Å². The van der Waals surface area contributed by atoms with Gasteiger partial charge in [0.15, 0.2) is 11.3 Å². The van der Waals surface area contributed by atoms with Gasteiger partial charge in [-0.25, -0.2) is 9.37 Å². The van der Waals surface area contributed by atoms with Gasteiger partial charge in [0.25, 0.3) is 0 Å². The fourth-order valence-electron chi connectivity index (χ4n) is 0.446. The maximum atomic E-state index is 12.3. The number of nitrogens with zero attached hydrogens (tertiary/aromatic N) is 1. The molecule has 0 unspecified atom stereocenters. The molecule has 0 saturated heterocycles. The number of aromatic nitrogens is 1. The van der Waals surface area contributed by atoms with E-state index in [9.17, 15) is 4.39 Å². The molecule has 0 aliphatic rings. The average Bonchev–Trinajstić information content (AvgIpc) is 2.14. The van der Waals surface area contributed by atoms with Crippen LogP contribution in [0.5, 0.6) is 0 Å². The monoisotopic (exact) mass is 145 g/mol. The molecule has 1 aromatic heterocycles. The van der Waals surface area contributed by atoms with E-state index in [1.807, 2.05) is 0 Å². The number of hydrogen-bond acceptors (Lipinski definition) is 3. The van der Waals surface area contributed by atoms with Crippen molar-refractivity contribution < 1.29 is 4.39 Å². The van der Waals surface area contributed by atoms with E-state index >= 15 is 0 Å². The molecule has 0 bridgehead atoms. The molecule has 0 aliphatic heterocycles. The van der Waals surface area contributed by atoms with Gasteiger partial charge in [0.2, 0.25) is 0 Å². The molecule has 1 heterocycles. The third kappa shape index (κ3) is 1.38. The molecule has 1 rings (SSSR count). The van der Waals surface area contributed by atoms with Crippen LogP contribution >= 0.6 is 11.3 Å². The quantitative estimate of drug-likeness (QED) is 0.651. The lowest BCUT2D eigenvalue weighted by molar-refractivity contribution is 0.539. The second-order valence-corrected chi connectivity index (χ2v) is 2.49. The van der Waals surface area contributed by atoms with Crippen molar-refractivity contribution in [3.63, 3.8) is 0 Å². The lowest BCUT2D eigenvalue weighted by atomic mass is 10.3. The van der Waals surface area contributed by atoms with Crippen molar-refractivity contribution in [3.05, 3.63) is 17.2 Å². The van der Waals surface area contributed by atoms with Crippen molar-refractivity contribution in [1.29, 1.82) is 0 Å². The van der Waals surface area contributed by atoms with Crippen molar-refractivity contribution >= 4 is 16.5 Å². The van der Waals surface area contributed by atoms with Gasteiger partial charge in [-0.2, -0.15) is 0 Å². The summed E-state index contributed by atoms with van der Waals surface area (Å²) in [6, 6.07) is 0. The van der Waals surface area contributed by atoms with Crippen molar-refractivity contribution in [3.8, 4) is 0 Å². The zero-order chi connectivity index (χ0) is 6.85. The fraction of sp³-hybridized carbons (Fsp3) is 0.200. The second kappa shape index (κ2) is 2.31. The highest BCUT2D eigenvalue weighted by atomic mass is 32.1. The molecule has 0 spiro atoms. The molecule has 49 valence electrons.